The smallest absolute Gasteiger partial charge is 0.251 e. The molecule has 1 atom stereocenters. The predicted molar refractivity (Wildman–Crippen MR) is 99.7 cm³/mol. The number of amides is 2. The van der Waals surface area contributed by atoms with E-state index in [1.54, 1.807) is 4.90 Å². The summed E-state index contributed by atoms with van der Waals surface area (Å²) in [5.41, 5.74) is 1.84. The fourth-order valence-corrected chi connectivity index (χ4v) is 3.84. The van der Waals surface area contributed by atoms with Crippen LogP contribution >= 0.6 is 0 Å². The summed E-state index contributed by atoms with van der Waals surface area (Å²) >= 11 is 0. The lowest BCUT2D eigenvalue weighted by Gasteiger charge is -2.37. The van der Waals surface area contributed by atoms with Crippen LogP contribution in [0.3, 0.4) is 0 Å². The van der Waals surface area contributed by atoms with Crippen LogP contribution in [-0.4, -0.2) is 60.3 Å². The van der Waals surface area contributed by atoms with Gasteiger partial charge in [-0.15, -0.1) is 0 Å². The van der Waals surface area contributed by atoms with Crippen LogP contribution in [0.2, 0.25) is 0 Å². The number of likely N-dealkylation sites (tertiary alicyclic amines) is 2. The first-order valence-electron chi connectivity index (χ1n) is 9.58. The van der Waals surface area contributed by atoms with E-state index in [-0.39, 0.29) is 50.2 Å². The van der Waals surface area contributed by atoms with Gasteiger partial charge in [0.05, 0.1) is 12.5 Å². The Balaban J connectivity index is 1.50. The van der Waals surface area contributed by atoms with Crippen LogP contribution in [0.25, 0.3) is 0 Å². The van der Waals surface area contributed by atoms with Crippen LogP contribution in [0.1, 0.15) is 31.2 Å². The van der Waals surface area contributed by atoms with Gasteiger partial charge in [-0.3, -0.25) is 14.5 Å². The molecule has 2 amide bonds. The van der Waals surface area contributed by atoms with Crippen LogP contribution in [0, 0.1) is 12.8 Å². The highest BCUT2D eigenvalue weighted by Crippen LogP contribution is 2.29. The normalized spacial score (nSPS) is 23.1. The Morgan fingerprint density at radius 1 is 1.22 bits per heavy atom. The zero-order valence-corrected chi connectivity index (χ0v) is 15.7. The van der Waals surface area contributed by atoms with Crippen molar-refractivity contribution >= 4 is 17.5 Å². The van der Waals surface area contributed by atoms with E-state index in [1.807, 2.05) is 36.1 Å². The summed E-state index contributed by atoms with van der Waals surface area (Å²) in [6.45, 7) is 3.71. The second kappa shape index (κ2) is 8.33. The molecule has 1 N–H and O–H groups in total. The number of benzene rings is 1. The van der Waals surface area contributed by atoms with Crippen LogP contribution in [0.5, 0.6) is 0 Å². The highest BCUT2D eigenvalue weighted by molar-refractivity contribution is 5.92. The van der Waals surface area contributed by atoms with Crippen molar-refractivity contribution in [3.8, 4) is 0 Å². The summed E-state index contributed by atoms with van der Waals surface area (Å²) in [5, 5.41) is 2.89. The molecule has 27 heavy (non-hydrogen) atoms. The number of rotatable bonds is 4. The quantitative estimate of drug-likeness (QED) is 0.875. The standard InChI is InChI=1S/C20H27F2N3O2/c1-15-4-2-6-17(12-15)23-18(26)14-24-9-3-5-16(13-24)19(27)25-10-7-20(21,22)8-11-25/h2,4,6,12,16H,3,5,7-11,13-14H2,1H3,(H,23,26). The average molecular weight is 379 g/mol. The van der Waals surface area contributed by atoms with E-state index in [0.29, 0.717) is 6.54 Å². The minimum atomic E-state index is -2.65. The molecule has 2 aliphatic heterocycles. The molecule has 0 bridgehead atoms. The average Bonchev–Trinajstić information content (AvgIpc) is 2.61. The number of halogens is 2. The SMILES string of the molecule is Cc1cccc(NC(=O)CN2CCCC(C(=O)N3CCC(F)(F)CC3)C2)c1. The summed E-state index contributed by atoms with van der Waals surface area (Å²) < 4.78 is 26.6. The maximum absolute atomic E-state index is 13.3. The minimum Gasteiger partial charge on any atom is -0.342 e. The lowest BCUT2D eigenvalue weighted by atomic mass is 9.95. The molecule has 2 heterocycles. The van der Waals surface area contributed by atoms with Crippen molar-refractivity contribution in [2.45, 2.75) is 38.5 Å². The first-order valence-corrected chi connectivity index (χ1v) is 9.58. The summed E-state index contributed by atoms with van der Waals surface area (Å²) in [6, 6.07) is 7.61. The van der Waals surface area contributed by atoms with Crippen molar-refractivity contribution in [3.63, 3.8) is 0 Å². The van der Waals surface area contributed by atoms with Gasteiger partial charge < -0.3 is 10.2 Å². The molecule has 0 aromatic heterocycles. The third-order valence-electron chi connectivity index (χ3n) is 5.33. The minimum absolute atomic E-state index is 0.0470. The third kappa shape index (κ3) is 5.48. The maximum Gasteiger partial charge on any atom is 0.251 e. The molecule has 0 spiro atoms. The molecule has 1 unspecified atom stereocenters. The Morgan fingerprint density at radius 2 is 1.96 bits per heavy atom. The van der Waals surface area contributed by atoms with Gasteiger partial charge >= 0.3 is 0 Å². The number of anilines is 1. The molecule has 2 saturated heterocycles. The second-order valence-electron chi connectivity index (χ2n) is 7.67. The number of piperidine rings is 2. The summed E-state index contributed by atoms with van der Waals surface area (Å²) in [7, 11) is 0. The van der Waals surface area contributed by atoms with Crippen LogP contribution in [0.4, 0.5) is 14.5 Å². The summed E-state index contributed by atoms with van der Waals surface area (Å²) in [5.74, 6) is -3.01. The molecule has 0 saturated carbocycles. The number of nitrogens with one attached hydrogen (secondary N) is 1. The van der Waals surface area contributed by atoms with Crippen molar-refractivity contribution < 1.29 is 18.4 Å². The third-order valence-corrected chi connectivity index (χ3v) is 5.33. The topological polar surface area (TPSA) is 52.7 Å². The number of aryl methyl sites for hydroxylation is 1. The van der Waals surface area contributed by atoms with Gasteiger partial charge in [0, 0.05) is 38.2 Å². The Kier molecular flexibility index (Phi) is 6.09. The highest BCUT2D eigenvalue weighted by Gasteiger charge is 2.38. The number of hydrogen-bond acceptors (Lipinski definition) is 3. The molecule has 5 nitrogen and oxygen atoms in total. The Morgan fingerprint density at radius 3 is 2.67 bits per heavy atom. The van der Waals surface area contributed by atoms with E-state index >= 15 is 0 Å². The Labute approximate surface area is 158 Å². The van der Waals surface area contributed by atoms with Gasteiger partial charge in [0.1, 0.15) is 0 Å². The predicted octanol–water partition coefficient (Wildman–Crippen LogP) is 2.90. The van der Waals surface area contributed by atoms with Gasteiger partial charge in [-0.05, 0) is 44.0 Å². The largest absolute Gasteiger partial charge is 0.342 e. The van der Waals surface area contributed by atoms with E-state index in [9.17, 15) is 18.4 Å². The molecule has 2 aliphatic rings. The number of alkyl halides is 2. The molecule has 148 valence electrons. The zero-order valence-electron chi connectivity index (χ0n) is 15.7. The molecule has 2 fully saturated rings. The fraction of sp³-hybridized carbons (Fsp3) is 0.600. The summed E-state index contributed by atoms with van der Waals surface area (Å²) in [4.78, 5) is 28.5. The van der Waals surface area contributed by atoms with E-state index < -0.39 is 5.92 Å². The van der Waals surface area contributed by atoms with Crippen molar-refractivity contribution in [1.29, 1.82) is 0 Å². The van der Waals surface area contributed by atoms with E-state index in [2.05, 4.69) is 5.32 Å². The van der Waals surface area contributed by atoms with Gasteiger partial charge in [-0.1, -0.05) is 12.1 Å². The fourth-order valence-electron chi connectivity index (χ4n) is 3.84. The molecule has 0 aliphatic carbocycles. The van der Waals surface area contributed by atoms with E-state index in [0.717, 1.165) is 30.6 Å². The Bertz CT molecular complexity index is 686. The number of carbonyl (C=O) groups excluding carboxylic acids is 2. The molecular weight excluding hydrogens is 352 g/mol. The van der Waals surface area contributed by atoms with Gasteiger partial charge in [-0.25, -0.2) is 8.78 Å². The van der Waals surface area contributed by atoms with Crippen molar-refractivity contribution in [1.82, 2.24) is 9.80 Å². The summed E-state index contributed by atoms with van der Waals surface area (Å²) in [6.07, 6.45) is 1.07. The van der Waals surface area contributed by atoms with Crippen molar-refractivity contribution in [2.24, 2.45) is 5.92 Å². The monoisotopic (exact) mass is 379 g/mol. The molecular formula is C20H27F2N3O2. The molecule has 0 radical (unpaired) electrons. The number of carbonyl (C=O) groups is 2. The second-order valence-corrected chi connectivity index (χ2v) is 7.67. The molecule has 7 heteroatoms. The van der Waals surface area contributed by atoms with Gasteiger partial charge in [-0.2, -0.15) is 0 Å². The first-order chi connectivity index (χ1) is 12.8. The lowest BCUT2D eigenvalue weighted by molar-refractivity contribution is -0.143. The Hall–Kier alpha value is -2.02. The molecule has 1 aromatic rings. The van der Waals surface area contributed by atoms with Gasteiger partial charge in [0.2, 0.25) is 11.8 Å². The molecule has 3 rings (SSSR count). The van der Waals surface area contributed by atoms with E-state index in [1.165, 1.54) is 0 Å². The van der Waals surface area contributed by atoms with Crippen LogP contribution in [-0.2, 0) is 9.59 Å². The zero-order chi connectivity index (χ0) is 19.4. The van der Waals surface area contributed by atoms with Crippen LogP contribution < -0.4 is 5.32 Å². The van der Waals surface area contributed by atoms with Crippen molar-refractivity contribution in [2.75, 3.05) is 38.0 Å². The van der Waals surface area contributed by atoms with Gasteiger partial charge in [0.15, 0.2) is 0 Å². The van der Waals surface area contributed by atoms with E-state index in [4.69, 9.17) is 0 Å². The first kappa shape index (κ1) is 19.7. The number of hydrogen-bond donors (Lipinski definition) is 1. The lowest BCUT2D eigenvalue weighted by Crippen LogP contribution is -2.49. The number of nitrogens with zero attached hydrogens (tertiary/aromatic N) is 2. The highest BCUT2D eigenvalue weighted by atomic mass is 19.3. The maximum atomic E-state index is 13.3. The van der Waals surface area contributed by atoms with Gasteiger partial charge in [0.25, 0.3) is 5.92 Å². The van der Waals surface area contributed by atoms with Crippen LogP contribution in [0.15, 0.2) is 24.3 Å². The van der Waals surface area contributed by atoms with Crippen molar-refractivity contribution in [3.05, 3.63) is 29.8 Å². The molecule has 1 aromatic carbocycles.